The summed E-state index contributed by atoms with van der Waals surface area (Å²) in [5.41, 5.74) is 5.46. The SMILES string of the molecule is CC(CC(N)=S)Cc1ccc(Cl)s1. The third-order valence-corrected chi connectivity index (χ3v) is 3.15. The van der Waals surface area contributed by atoms with Crippen LogP contribution in [0.4, 0.5) is 0 Å². The zero-order valence-electron chi connectivity index (χ0n) is 7.42. The van der Waals surface area contributed by atoms with Gasteiger partial charge in [-0.1, -0.05) is 30.7 Å². The van der Waals surface area contributed by atoms with Crippen molar-refractivity contribution in [1.29, 1.82) is 0 Å². The number of thiocarbonyl (C=S) groups is 1. The topological polar surface area (TPSA) is 26.0 Å². The molecule has 1 atom stereocenters. The molecule has 0 aromatic carbocycles. The van der Waals surface area contributed by atoms with Gasteiger partial charge in [0.2, 0.25) is 0 Å². The van der Waals surface area contributed by atoms with Crippen LogP contribution in [0.25, 0.3) is 0 Å². The molecular formula is C9H12ClNS2. The molecule has 0 saturated carbocycles. The van der Waals surface area contributed by atoms with E-state index in [9.17, 15) is 0 Å². The van der Waals surface area contributed by atoms with Gasteiger partial charge < -0.3 is 5.73 Å². The molecule has 1 aromatic heterocycles. The zero-order chi connectivity index (χ0) is 9.84. The Balaban J connectivity index is 2.44. The summed E-state index contributed by atoms with van der Waals surface area (Å²) in [6.45, 7) is 2.15. The van der Waals surface area contributed by atoms with Crippen molar-refractivity contribution in [3.8, 4) is 0 Å². The van der Waals surface area contributed by atoms with E-state index in [4.69, 9.17) is 29.6 Å². The van der Waals surface area contributed by atoms with Gasteiger partial charge in [-0.2, -0.15) is 0 Å². The van der Waals surface area contributed by atoms with Gasteiger partial charge in [-0.05, 0) is 24.5 Å². The lowest BCUT2D eigenvalue weighted by atomic mass is 10.0. The van der Waals surface area contributed by atoms with Gasteiger partial charge in [-0.25, -0.2) is 0 Å². The van der Waals surface area contributed by atoms with Crippen molar-refractivity contribution in [3.63, 3.8) is 0 Å². The van der Waals surface area contributed by atoms with Crippen molar-refractivity contribution < 1.29 is 0 Å². The quantitative estimate of drug-likeness (QED) is 0.808. The fourth-order valence-electron chi connectivity index (χ4n) is 1.22. The predicted octanol–water partition coefficient (Wildman–Crippen LogP) is 3.26. The van der Waals surface area contributed by atoms with Crippen LogP contribution in [0.5, 0.6) is 0 Å². The van der Waals surface area contributed by atoms with Gasteiger partial charge in [0.25, 0.3) is 0 Å². The Hall–Kier alpha value is -0.120. The molecule has 1 nitrogen and oxygen atoms in total. The molecule has 1 unspecified atom stereocenters. The van der Waals surface area contributed by atoms with E-state index in [1.807, 2.05) is 6.07 Å². The molecule has 72 valence electrons. The van der Waals surface area contributed by atoms with Crippen LogP contribution in [0.15, 0.2) is 12.1 Å². The molecule has 0 aliphatic carbocycles. The fraction of sp³-hybridized carbons (Fsp3) is 0.444. The average molecular weight is 234 g/mol. The van der Waals surface area contributed by atoms with Crippen molar-refractivity contribution >= 4 is 40.1 Å². The molecule has 0 bridgehead atoms. The molecule has 2 N–H and O–H groups in total. The average Bonchev–Trinajstić information content (AvgIpc) is 2.33. The summed E-state index contributed by atoms with van der Waals surface area (Å²) in [5.74, 6) is 0.507. The fourth-order valence-corrected chi connectivity index (χ4v) is 2.76. The summed E-state index contributed by atoms with van der Waals surface area (Å²) in [4.78, 5) is 1.89. The Bertz CT molecular complexity index is 296. The highest BCUT2D eigenvalue weighted by Crippen LogP contribution is 2.24. The molecule has 4 heteroatoms. The predicted molar refractivity (Wildman–Crippen MR) is 63.6 cm³/mol. The third-order valence-electron chi connectivity index (χ3n) is 1.73. The minimum absolute atomic E-state index is 0.507. The number of thiophene rings is 1. The summed E-state index contributed by atoms with van der Waals surface area (Å²) < 4.78 is 0.845. The van der Waals surface area contributed by atoms with E-state index < -0.39 is 0 Å². The molecule has 0 aliphatic rings. The van der Waals surface area contributed by atoms with Gasteiger partial charge in [0.15, 0.2) is 0 Å². The first-order valence-electron chi connectivity index (χ1n) is 4.10. The van der Waals surface area contributed by atoms with E-state index in [-0.39, 0.29) is 0 Å². The highest BCUT2D eigenvalue weighted by atomic mass is 35.5. The minimum atomic E-state index is 0.507. The second-order valence-electron chi connectivity index (χ2n) is 3.19. The zero-order valence-corrected chi connectivity index (χ0v) is 9.81. The van der Waals surface area contributed by atoms with Crippen LogP contribution in [-0.2, 0) is 6.42 Å². The van der Waals surface area contributed by atoms with Crippen molar-refractivity contribution in [2.45, 2.75) is 19.8 Å². The first-order valence-corrected chi connectivity index (χ1v) is 5.70. The van der Waals surface area contributed by atoms with Crippen molar-refractivity contribution in [1.82, 2.24) is 0 Å². The summed E-state index contributed by atoms with van der Waals surface area (Å²) in [5, 5.41) is 0. The van der Waals surface area contributed by atoms with E-state index in [1.54, 1.807) is 11.3 Å². The van der Waals surface area contributed by atoms with Crippen LogP contribution >= 0.6 is 35.2 Å². The van der Waals surface area contributed by atoms with Crippen LogP contribution in [0.2, 0.25) is 4.34 Å². The largest absolute Gasteiger partial charge is 0.393 e. The van der Waals surface area contributed by atoms with Crippen molar-refractivity contribution in [2.24, 2.45) is 11.7 Å². The molecule has 0 fully saturated rings. The maximum absolute atomic E-state index is 5.82. The van der Waals surface area contributed by atoms with Gasteiger partial charge in [0.1, 0.15) is 0 Å². The Kier molecular flexibility index (Phi) is 4.16. The lowest BCUT2D eigenvalue weighted by Gasteiger charge is -2.07. The summed E-state index contributed by atoms with van der Waals surface area (Å²) >= 11 is 12.3. The van der Waals surface area contributed by atoms with Gasteiger partial charge in [0, 0.05) is 11.3 Å². The van der Waals surface area contributed by atoms with Crippen molar-refractivity contribution in [3.05, 3.63) is 21.3 Å². The first kappa shape index (κ1) is 11.0. The summed E-state index contributed by atoms with van der Waals surface area (Å²) in [7, 11) is 0. The Morgan fingerprint density at radius 2 is 2.38 bits per heavy atom. The smallest absolute Gasteiger partial charge is 0.0931 e. The molecule has 0 saturated heterocycles. The van der Waals surface area contributed by atoms with E-state index in [1.165, 1.54) is 4.88 Å². The number of rotatable bonds is 4. The molecule has 1 heterocycles. The van der Waals surface area contributed by atoms with Crippen molar-refractivity contribution in [2.75, 3.05) is 0 Å². The molecule has 0 spiro atoms. The van der Waals surface area contributed by atoms with E-state index >= 15 is 0 Å². The highest BCUT2D eigenvalue weighted by Gasteiger charge is 2.06. The van der Waals surface area contributed by atoms with E-state index in [0.29, 0.717) is 10.9 Å². The lowest BCUT2D eigenvalue weighted by Crippen LogP contribution is -2.13. The van der Waals surface area contributed by atoms with Gasteiger partial charge >= 0.3 is 0 Å². The normalized spacial score (nSPS) is 12.8. The maximum Gasteiger partial charge on any atom is 0.0931 e. The van der Waals surface area contributed by atoms with E-state index in [0.717, 1.165) is 17.2 Å². The molecule has 1 aromatic rings. The van der Waals surface area contributed by atoms with Crippen LogP contribution in [0.3, 0.4) is 0 Å². The van der Waals surface area contributed by atoms with Gasteiger partial charge in [-0.3, -0.25) is 0 Å². The Morgan fingerprint density at radius 3 is 2.85 bits per heavy atom. The molecule has 1 rings (SSSR count). The molecule has 0 amide bonds. The standard InChI is InChI=1S/C9H12ClNS2/c1-6(5-9(11)12)4-7-2-3-8(10)13-7/h2-3,6H,4-5H2,1H3,(H2,11,12). The van der Waals surface area contributed by atoms with Crippen LogP contribution < -0.4 is 5.73 Å². The summed E-state index contributed by atoms with van der Waals surface area (Å²) in [6.07, 6.45) is 1.82. The second kappa shape index (κ2) is 4.94. The number of hydrogen-bond donors (Lipinski definition) is 1. The lowest BCUT2D eigenvalue weighted by molar-refractivity contribution is 0.613. The van der Waals surface area contributed by atoms with Crippen LogP contribution in [0, 0.1) is 5.92 Å². The monoisotopic (exact) mass is 233 g/mol. The first-order chi connectivity index (χ1) is 6.08. The third kappa shape index (κ3) is 4.07. The highest BCUT2D eigenvalue weighted by molar-refractivity contribution is 7.80. The van der Waals surface area contributed by atoms with E-state index in [2.05, 4.69) is 13.0 Å². The van der Waals surface area contributed by atoms with Gasteiger partial charge in [-0.15, -0.1) is 11.3 Å². The number of hydrogen-bond acceptors (Lipinski definition) is 2. The Labute approximate surface area is 92.9 Å². The Morgan fingerprint density at radius 1 is 1.69 bits per heavy atom. The summed E-state index contributed by atoms with van der Waals surface area (Å²) in [6, 6.07) is 3.98. The maximum atomic E-state index is 5.82. The molecule has 0 aliphatic heterocycles. The number of nitrogens with two attached hydrogens (primary N) is 1. The van der Waals surface area contributed by atoms with Crippen LogP contribution in [-0.4, -0.2) is 4.99 Å². The molecule has 0 radical (unpaired) electrons. The van der Waals surface area contributed by atoms with Crippen LogP contribution in [0.1, 0.15) is 18.2 Å². The van der Waals surface area contributed by atoms with Gasteiger partial charge in [0.05, 0.1) is 9.32 Å². The molecule has 13 heavy (non-hydrogen) atoms. The molecular weight excluding hydrogens is 222 g/mol. The second-order valence-corrected chi connectivity index (χ2v) is 5.51. The minimum Gasteiger partial charge on any atom is -0.393 e. The number of halogens is 1.